The van der Waals surface area contributed by atoms with Gasteiger partial charge in [0.25, 0.3) is 5.91 Å². The molecule has 0 atom stereocenters. The normalized spacial score (nSPS) is 10.3. The second-order valence-electron chi connectivity index (χ2n) is 5.13. The summed E-state index contributed by atoms with van der Waals surface area (Å²) < 4.78 is 15.6. The Kier molecular flexibility index (Phi) is 6.57. The Morgan fingerprint density at radius 2 is 1.96 bits per heavy atom. The SMILES string of the molecule is COCCCNC(=O)c1cncc(-c2cc(OC)ccc2OC)c1. The highest BCUT2D eigenvalue weighted by Crippen LogP contribution is 2.33. The first-order valence-electron chi connectivity index (χ1n) is 7.64. The molecule has 2 rings (SSSR count). The summed E-state index contributed by atoms with van der Waals surface area (Å²) in [5.74, 6) is 1.23. The highest BCUT2D eigenvalue weighted by molar-refractivity contribution is 5.95. The Hall–Kier alpha value is -2.60. The molecule has 0 saturated carbocycles. The molecule has 1 N–H and O–H groups in total. The van der Waals surface area contributed by atoms with E-state index < -0.39 is 0 Å². The van der Waals surface area contributed by atoms with Gasteiger partial charge in [0.2, 0.25) is 0 Å². The quantitative estimate of drug-likeness (QED) is 0.753. The lowest BCUT2D eigenvalue weighted by Gasteiger charge is -2.11. The molecule has 0 fully saturated rings. The third-order valence-corrected chi connectivity index (χ3v) is 3.53. The van der Waals surface area contributed by atoms with Gasteiger partial charge in [0.1, 0.15) is 11.5 Å². The molecule has 128 valence electrons. The van der Waals surface area contributed by atoms with Crippen molar-refractivity contribution in [2.24, 2.45) is 0 Å². The number of methoxy groups -OCH3 is 3. The number of nitrogens with zero attached hydrogens (tertiary/aromatic N) is 1. The molecule has 0 saturated heterocycles. The van der Waals surface area contributed by atoms with Crippen LogP contribution in [-0.4, -0.2) is 45.4 Å². The highest BCUT2D eigenvalue weighted by atomic mass is 16.5. The van der Waals surface area contributed by atoms with Crippen LogP contribution in [0, 0.1) is 0 Å². The lowest BCUT2D eigenvalue weighted by Crippen LogP contribution is -2.25. The number of aromatic nitrogens is 1. The highest BCUT2D eigenvalue weighted by Gasteiger charge is 2.11. The van der Waals surface area contributed by atoms with Crippen LogP contribution in [0.15, 0.2) is 36.7 Å². The minimum atomic E-state index is -0.165. The minimum absolute atomic E-state index is 0.165. The predicted molar refractivity (Wildman–Crippen MR) is 91.6 cm³/mol. The molecule has 0 aliphatic rings. The van der Waals surface area contributed by atoms with E-state index in [1.807, 2.05) is 18.2 Å². The molecule has 1 aromatic carbocycles. The maximum Gasteiger partial charge on any atom is 0.252 e. The van der Waals surface area contributed by atoms with Crippen molar-refractivity contribution in [3.8, 4) is 22.6 Å². The van der Waals surface area contributed by atoms with Gasteiger partial charge in [0, 0.05) is 43.8 Å². The summed E-state index contributed by atoms with van der Waals surface area (Å²) in [7, 11) is 4.84. The second kappa shape index (κ2) is 8.88. The third-order valence-electron chi connectivity index (χ3n) is 3.53. The molecular weight excluding hydrogens is 308 g/mol. The van der Waals surface area contributed by atoms with E-state index in [1.54, 1.807) is 39.8 Å². The Labute approximate surface area is 141 Å². The van der Waals surface area contributed by atoms with Crippen molar-refractivity contribution in [1.82, 2.24) is 10.3 Å². The number of nitrogens with one attached hydrogen (secondary N) is 1. The summed E-state index contributed by atoms with van der Waals surface area (Å²) in [5.41, 5.74) is 2.10. The first kappa shape index (κ1) is 17.7. The van der Waals surface area contributed by atoms with Crippen molar-refractivity contribution < 1.29 is 19.0 Å². The van der Waals surface area contributed by atoms with E-state index in [-0.39, 0.29) is 5.91 Å². The van der Waals surface area contributed by atoms with Crippen LogP contribution >= 0.6 is 0 Å². The van der Waals surface area contributed by atoms with Gasteiger partial charge in [-0.05, 0) is 30.7 Å². The Morgan fingerprint density at radius 1 is 1.12 bits per heavy atom. The van der Waals surface area contributed by atoms with Crippen LogP contribution in [-0.2, 0) is 4.74 Å². The molecule has 24 heavy (non-hydrogen) atoms. The van der Waals surface area contributed by atoms with Crippen molar-refractivity contribution in [2.45, 2.75) is 6.42 Å². The van der Waals surface area contributed by atoms with E-state index in [0.29, 0.717) is 30.2 Å². The molecule has 0 unspecified atom stereocenters. The predicted octanol–water partition coefficient (Wildman–Crippen LogP) is 2.53. The van der Waals surface area contributed by atoms with Crippen LogP contribution in [0.3, 0.4) is 0 Å². The van der Waals surface area contributed by atoms with Gasteiger partial charge in [-0.3, -0.25) is 9.78 Å². The summed E-state index contributed by atoms with van der Waals surface area (Å²) in [6.07, 6.45) is 4.00. The van der Waals surface area contributed by atoms with E-state index in [9.17, 15) is 4.79 Å². The van der Waals surface area contributed by atoms with Gasteiger partial charge in [-0.1, -0.05) is 0 Å². The van der Waals surface area contributed by atoms with Crippen molar-refractivity contribution in [3.05, 3.63) is 42.2 Å². The first-order valence-corrected chi connectivity index (χ1v) is 7.64. The summed E-state index contributed by atoms with van der Waals surface area (Å²) in [6.45, 7) is 1.17. The number of ether oxygens (including phenoxy) is 3. The number of hydrogen-bond acceptors (Lipinski definition) is 5. The monoisotopic (exact) mass is 330 g/mol. The van der Waals surface area contributed by atoms with E-state index in [4.69, 9.17) is 14.2 Å². The lowest BCUT2D eigenvalue weighted by atomic mass is 10.0. The van der Waals surface area contributed by atoms with Crippen molar-refractivity contribution in [3.63, 3.8) is 0 Å². The second-order valence-corrected chi connectivity index (χ2v) is 5.13. The van der Waals surface area contributed by atoms with E-state index in [0.717, 1.165) is 17.5 Å². The average Bonchev–Trinajstić information content (AvgIpc) is 2.64. The zero-order chi connectivity index (χ0) is 17.4. The molecule has 1 heterocycles. The molecule has 6 nitrogen and oxygen atoms in total. The Balaban J connectivity index is 2.22. The van der Waals surface area contributed by atoms with Crippen LogP contribution in [0.2, 0.25) is 0 Å². The molecule has 0 aliphatic heterocycles. The molecule has 0 radical (unpaired) electrons. The third kappa shape index (κ3) is 4.45. The molecule has 1 amide bonds. The van der Waals surface area contributed by atoms with Crippen LogP contribution in [0.5, 0.6) is 11.5 Å². The molecule has 0 bridgehead atoms. The van der Waals surface area contributed by atoms with Crippen LogP contribution in [0.1, 0.15) is 16.8 Å². The molecule has 6 heteroatoms. The van der Waals surface area contributed by atoms with Crippen LogP contribution in [0.4, 0.5) is 0 Å². The van der Waals surface area contributed by atoms with Gasteiger partial charge in [0.05, 0.1) is 19.8 Å². The fourth-order valence-electron chi connectivity index (χ4n) is 2.27. The number of hydrogen-bond donors (Lipinski definition) is 1. The topological polar surface area (TPSA) is 69.7 Å². The summed E-state index contributed by atoms with van der Waals surface area (Å²) >= 11 is 0. The number of amides is 1. The summed E-state index contributed by atoms with van der Waals surface area (Å²) in [6, 6.07) is 7.29. The van der Waals surface area contributed by atoms with Gasteiger partial charge in [0.15, 0.2) is 0 Å². The van der Waals surface area contributed by atoms with Crippen LogP contribution < -0.4 is 14.8 Å². The maximum atomic E-state index is 12.2. The summed E-state index contributed by atoms with van der Waals surface area (Å²) in [4.78, 5) is 16.4. The van der Waals surface area contributed by atoms with E-state index in [1.165, 1.54) is 0 Å². The number of rotatable bonds is 8. The van der Waals surface area contributed by atoms with Crippen LogP contribution in [0.25, 0.3) is 11.1 Å². The van der Waals surface area contributed by atoms with Crippen molar-refractivity contribution in [1.29, 1.82) is 0 Å². The number of carbonyl (C=O) groups is 1. The zero-order valence-corrected chi connectivity index (χ0v) is 14.2. The Morgan fingerprint density at radius 3 is 2.67 bits per heavy atom. The average molecular weight is 330 g/mol. The van der Waals surface area contributed by atoms with Gasteiger partial charge in [-0.15, -0.1) is 0 Å². The smallest absolute Gasteiger partial charge is 0.252 e. The van der Waals surface area contributed by atoms with E-state index >= 15 is 0 Å². The lowest BCUT2D eigenvalue weighted by molar-refractivity contribution is 0.0948. The number of pyridine rings is 1. The fraction of sp³-hybridized carbons (Fsp3) is 0.333. The number of carbonyl (C=O) groups excluding carboxylic acids is 1. The molecule has 1 aromatic heterocycles. The number of benzene rings is 1. The molecule has 0 spiro atoms. The largest absolute Gasteiger partial charge is 0.497 e. The molecule has 0 aliphatic carbocycles. The maximum absolute atomic E-state index is 12.2. The standard InChI is InChI=1S/C18H22N2O4/c1-22-8-4-7-20-18(21)14-9-13(11-19-12-14)16-10-15(23-2)5-6-17(16)24-3/h5-6,9-12H,4,7-8H2,1-3H3,(H,20,21). The minimum Gasteiger partial charge on any atom is -0.497 e. The summed E-state index contributed by atoms with van der Waals surface area (Å²) in [5, 5.41) is 2.85. The van der Waals surface area contributed by atoms with Crippen molar-refractivity contribution in [2.75, 3.05) is 34.5 Å². The first-order chi connectivity index (χ1) is 11.7. The zero-order valence-electron chi connectivity index (χ0n) is 14.2. The van der Waals surface area contributed by atoms with E-state index in [2.05, 4.69) is 10.3 Å². The molecular formula is C18H22N2O4. The van der Waals surface area contributed by atoms with Gasteiger partial charge < -0.3 is 19.5 Å². The van der Waals surface area contributed by atoms with Gasteiger partial charge in [-0.25, -0.2) is 0 Å². The molecule has 2 aromatic rings. The fourth-order valence-corrected chi connectivity index (χ4v) is 2.27. The van der Waals surface area contributed by atoms with Gasteiger partial charge >= 0.3 is 0 Å². The Bertz CT molecular complexity index is 688. The van der Waals surface area contributed by atoms with Gasteiger partial charge in [-0.2, -0.15) is 0 Å². The van der Waals surface area contributed by atoms with Crippen molar-refractivity contribution >= 4 is 5.91 Å².